The Morgan fingerprint density at radius 3 is 2.95 bits per heavy atom. The Balaban J connectivity index is 0.00000161. The molecular weight excluding hydrogens is 282 g/mol. The minimum absolute atomic E-state index is 0. The monoisotopic (exact) mass is 305 g/mol. The number of hydrogen-bond acceptors (Lipinski definition) is 3. The number of rotatable bonds is 4. The topological polar surface area (TPSA) is 27.6 Å². The highest BCUT2D eigenvalue weighted by molar-refractivity contribution is 5.88. The van der Waals surface area contributed by atoms with Gasteiger partial charge < -0.3 is 10.2 Å². The summed E-state index contributed by atoms with van der Waals surface area (Å²) in [5.41, 5.74) is 3.89. The van der Waals surface area contributed by atoms with Crippen LogP contribution in [0.5, 0.6) is 0 Å². The third-order valence-corrected chi connectivity index (χ3v) is 4.40. The van der Waals surface area contributed by atoms with Gasteiger partial charge in [0.25, 0.3) is 0 Å². The second-order valence-corrected chi connectivity index (χ2v) is 5.67. The van der Waals surface area contributed by atoms with Gasteiger partial charge in [0.2, 0.25) is 0 Å². The van der Waals surface area contributed by atoms with Crippen LogP contribution in [0.2, 0.25) is 0 Å². The smallest absolute Gasteiger partial charge is 0.119 e. The fourth-order valence-corrected chi connectivity index (χ4v) is 3.01. The number of amidine groups is 1. The van der Waals surface area contributed by atoms with Crippen LogP contribution in [0.4, 0.5) is 5.69 Å². The number of nitrogens with one attached hydrogen (secondary N) is 1. The lowest BCUT2D eigenvalue weighted by molar-refractivity contribution is 0.381. The van der Waals surface area contributed by atoms with E-state index in [0.717, 1.165) is 19.6 Å². The molecule has 0 fully saturated rings. The van der Waals surface area contributed by atoms with Crippen molar-refractivity contribution in [1.82, 2.24) is 4.90 Å². The van der Waals surface area contributed by atoms with Crippen LogP contribution in [0.25, 0.3) is 0 Å². The van der Waals surface area contributed by atoms with Crippen molar-refractivity contribution in [3.63, 3.8) is 0 Å². The van der Waals surface area contributed by atoms with Gasteiger partial charge in [0.15, 0.2) is 0 Å². The van der Waals surface area contributed by atoms with Gasteiger partial charge in [-0.1, -0.05) is 24.3 Å². The van der Waals surface area contributed by atoms with Crippen LogP contribution in [-0.4, -0.2) is 36.4 Å². The number of aliphatic imine (C=N–C) groups is 1. The predicted octanol–water partition coefficient (Wildman–Crippen LogP) is 3.57. The Morgan fingerprint density at radius 1 is 1.33 bits per heavy atom. The molecule has 1 aliphatic heterocycles. The summed E-state index contributed by atoms with van der Waals surface area (Å²) in [5.74, 6) is 1.21. The fourth-order valence-electron chi connectivity index (χ4n) is 3.01. The Bertz CT molecular complexity index is 551. The number of benzene rings is 1. The van der Waals surface area contributed by atoms with E-state index in [0.29, 0.717) is 6.04 Å². The average Bonchev–Trinajstić information content (AvgIpc) is 3.10. The van der Waals surface area contributed by atoms with E-state index in [9.17, 15) is 0 Å². The van der Waals surface area contributed by atoms with Gasteiger partial charge in [-0.3, -0.25) is 4.99 Å². The van der Waals surface area contributed by atoms with E-state index in [4.69, 9.17) is 0 Å². The molecule has 0 aromatic heterocycles. The number of aryl methyl sites for hydroxylation is 1. The molecule has 1 N–H and O–H groups in total. The Morgan fingerprint density at radius 2 is 2.19 bits per heavy atom. The molecule has 1 unspecified atom stereocenters. The first-order valence-corrected chi connectivity index (χ1v) is 7.52. The molecule has 2 aliphatic rings. The number of halogens is 1. The molecule has 0 saturated heterocycles. The van der Waals surface area contributed by atoms with E-state index < -0.39 is 0 Å². The minimum atomic E-state index is 0. The molecule has 4 heteroatoms. The van der Waals surface area contributed by atoms with Crippen molar-refractivity contribution in [3.05, 3.63) is 41.5 Å². The molecule has 0 spiro atoms. The first-order chi connectivity index (χ1) is 9.75. The molecule has 1 aromatic rings. The summed E-state index contributed by atoms with van der Waals surface area (Å²) in [5, 5.41) is 3.55. The van der Waals surface area contributed by atoms with E-state index in [-0.39, 0.29) is 12.4 Å². The first-order valence-electron chi connectivity index (χ1n) is 7.52. The zero-order chi connectivity index (χ0) is 13.9. The molecule has 21 heavy (non-hydrogen) atoms. The van der Waals surface area contributed by atoms with E-state index in [1.54, 1.807) is 0 Å². The largest absolute Gasteiger partial charge is 0.378 e. The van der Waals surface area contributed by atoms with Crippen molar-refractivity contribution in [2.24, 2.45) is 4.99 Å². The lowest BCUT2D eigenvalue weighted by Gasteiger charge is -2.26. The maximum atomic E-state index is 4.68. The highest BCUT2D eigenvalue weighted by atomic mass is 35.5. The quantitative estimate of drug-likeness (QED) is 0.861. The summed E-state index contributed by atoms with van der Waals surface area (Å²) in [7, 11) is 0. The van der Waals surface area contributed by atoms with Gasteiger partial charge in [0.1, 0.15) is 5.84 Å². The van der Waals surface area contributed by atoms with Gasteiger partial charge in [-0.2, -0.15) is 0 Å². The fraction of sp³-hybridized carbons (Fsp3) is 0.471. The molecular formula is C17H24ClN3. The van der Waals surface area contributed by atoms with E-state index >= 15 is 0 Å². The van der Waals surface area contributed by atoms with E-state index in [2.05, 4.69) is 59.4 Å². The highest BCUT2D eigenvalue weighted by Crippen LogP contribution is 2.21. The zero-order valence-electron chi connectivity index (χ0n) is 12.8. The van der Waals surface area contributed by atoms with Gasteiger partial charge in [0.05, 0.1) is 13.1 Å². The molecule has 0 amide bonds. The molecule has 1 heterocycles. The zero-order valence-corrected chi connectivity index (χ0v) is 13.6. The van der Waals surface area contributed by atoms with Crippen molar-refractivity contribution in [2.75, 3.05) is 25.0 Å². The van der Waals surface area contributed by atoms with E-state index in [1.165, 1.54) is 35.5 Å². The normalized spacial score (nSPS) is 20.4. The lowest BCUT2D eigenvalue weighted by Crippen LogP contribution is -2.39. The molecule has 1 atom stereocenters. The van der Waals surface area contributed by atoms with Crippen LogP contribution < -0.4 is 5.32 Å². The van der Waals surface area contributed by atoms with Crippen LogP contribution in [0.3, 0.4) is 0 Å². The molecule has 1 aliphatic carbocycles. The summed E-state index contributed by atoms with van der Waals surface area (Å²) in [4.78, 5) is 7.14. The maximum absolute atomic E-state index is 4.68. The van der Waals surface area contributed by atoms with Crippen molar-refractivity contribution in [1.29, 1.82) is 0 Å². The van der Waals surface area contributed by atoms with Crippen LogP contribution in [0, 0.1) is 13.8 Å². The van der Waals surface area contributed by atoms with Crippen molar-refractivity contribution in [2.45, 2.75) is 32.7 Å². The van der Waals surface area contributed by atoms with Crippen molar-refractivity contribution < 1.29 is 0 Å². The van der Waals surface area contributed by atoms with Crippen molar-refractivity contribution in [3.8, 4) is 0 Å². The summed E-state index contributed by atoms with van der Waals surface area (Å²) in [6, 6.07) is 6.98. The molecule has 3 rings (SSSR count). The minimum Gasteiger partial charge on any atom is -0.378 e. The number of hydrogen-bond donors (Lipinski definition) is 1. The van der Waals surface area contributed by atoms with Crippen LogP contribution >= 0.6 is 12.4 Å². The van der Waals surface area contributed by atoms with Gasteiger partial charge in [-0.15, -0.1) is 12.4 Å². The lowest BCUT2D eigenvalue weighted by atomic mass is 10.1. The van der Waals surface area contributed by atoms with Crippen molar-refractivity contribution >= 4 is 23.9 Å². The second-order valence-electron chi connectivity index (χ2n) is 5.67. The highest BCUT2D eigenvalue weighted by Gasteiger charge is 2.24. The SMILES string of the molecule is Cc1cccc(NCC2=NCCN2C2C=CCC2)c1C.Cl. The molecule has 3 nitrogen and oxygen atoms in total. The van der Waals surface area contributed by atoms with Gasteiger partial charge in [-0.05, 0) is 43.9 Å². The number of nitrogens with zero attached hydrogens (tertiary/aromatic N) is 2. The molecule has 0 bridgehead atoms. The number of anilines is 1. The van der Waals surface area contributed by atoms with Crippen LogP contribution in [0.1, 0.15) is 24.0 Å². The van der Waals surface area contributed by atoms with Crippen LogP contribution in [-0.2, 0) is 0 Å². The van der Waals surface area contributed by atoms with E-state index in [1.807, 2.05) is 0 Å². The molecule has 0 saturated carbocycles. The van der Waals surface area contributed by atoms with Gasteiger partial charge in [-0.25, -0.2) is 0 Å². The Hall–Kier alpha value is -1.48. The second kappa shape index (κ2) is 6.99. The Kier molecular flexibility index (Phi) is 5.29. The average molecular weight is 306 g/mol. The van der Waals surface area contributed by atoms with Crippen LogP contribution in [0.15, 0.2) is 35.3 Å². The standard InChI is InChI=1S/C17H23N3.ClH/c1-13-6-5-9-16(14(13)2)19-12-17-18-10-11-20(17)15-7-3-4-8-15;/h3,5-7,9,15,19H,4,8,10-12H2,1-2H3;1H. The molecule has 0 radical (unpaired) electrons. The molecule has 114 valence electrons. The third kappa shape index (κ3) is 3.41. The summed E-state index contributed by atoms with van der Waals surface area (Å²) >= 11 is 0. The first kappa shape index (κ1) is 15.9. The maximum Gasteiger partial charge on any atom is 0.119 e. The summed E-state index contributed by atoms with van der Waals surface area (Å²) < 4.78 is 0. The third-order valence-electron chi connectivity index (χ3n) is 4.40. The number of allylic oxidation sites excluding steroid dienone is 1. The molecule has 1 aromatic carbocycles. The van der Waals surface area contributed by atoms with Gasteiger partial charge >= 0.3 is 0 Å². The summed E-state index contributed by atoms with van der Waals surface area (Å²) in [6.45, 7) is 7.16. The predicted molar refractivity (Wildman–Crippen MR) is 92.8 cm³/mol. The Labute approximate surface area is 133 Å². The van der Waals surface area contributed by atoms with Gasteiger partial charge in [0, 0.05) is 18.3 Å². The summed E-state index contributed by atoms with van der Waals surface area (Å²) in [6.07, 6.45) is 7.07.